The highest BCUT2D eigenvalue weighted by Crippen LogP contribution is 2.22. The molecule has 1 saturated heterocycles. The molecule has 0 saturated carbocycles. The summed E-state index contributed by atoms with van der Waals surface area (Å²) in [4.78, 5) is 20.1. The van der Waals surface area contributed by atoms with Crippen LogP contribution in [0.25, 0.3) is 0 Å². The van der Waals surface area contributed by atoms with Crippen LogP contribution in [0, 0.1) is 5.92 Å². The Morgan fingerprint density at radius 3 is 3.13 bits per heavy atom. The summed E-state index contributed by atoms with van der Waals surface area (Å²) in [7, 11) is 0. The van der Waals surface area contributed by atoms with Crippen molar-refractivity contribution in [2.45, 2.75) is 19.3 Å². The first kappa shape index (κ1) is 15.4. The molecule has 1 aliphatic heterocycles. The molecule has 120 valence electrons. The normalized spacial score (nSPS) is 17.0. The van der Waals surface area contributed by atoms with E-state index in [1.54, 1.807) is 24.7 Å². The van der Waals surface area contributed by atoms with Gasteiger partial charge in [-0.2, -0.15) is 0 Å². The summed E-state index contributed by atoms with van der Waals surface area (Å²) in [5.41, 5.74) is 0.723. The number of rotatable bonds is 6. The van der Waals surface area contributed by atoms with Crippen molar-refractivity contribution in [3.63, 3.8) is 0 Å². The zero-order valence-corrected chi connectivity index (χ0v) is 12.9. The zero-order valence-electron chi connectivity index (χ0n) is 12.9. The number of anilines is 1. The van der Waals surface area contributed by atoms with Gasteiger partial charge in [-0.05, 0) is 44.0 Å². The van der Waals surface area contributed by atoms with Gasteiger partial charge in [0.05, 0.1) is 6.20 Å². The maximum Gasteiger partial charge on any atom is 0.237 e. The van der Waals surface area contributed by atoms with E-state index in [-0.39, 0.29) is 5.91 Å². The molecule has 1 aliphatic rings. The number of benzene rings is 1. The van der Waals surface area contributed by atoms with Crippen LogP contribution in [0.4, 0.5) is 5.69 Å². The maximum absolute atomic E-state index is 12.0. The second-order valence-electron chi connectivity index (χ2n) is 5.62. The minimum Gasteiger partial charge on any atom is -0.437 e. The van der Waals surface area contributed by atoms with Gasteiger partial charge in [0.2, 0.25) is 11.8 Å². The Morgan fingerprint density at radius 2 is 2.35 bits per heavy atom. The van der Waals surface area contributed by atoms with Crippen molar-refractivity contribution < 1.29 is 9.53 Å². The average Bonchev–Trinajstić information content (AvgIpc) is 3.08. The van der Waals surface area contributed by atoms with Crippen molar-refractivity contribution >= 4 is 11.6 Å². The zero-order chi connectivity index (χ0) is 15.9. The molecule has 0 spiro atoms. The highest BCUT2D eigenvalue weighted by molar-refractivity contribution is 5.90. The summed E-state index contributed by atoms with van der Waals surface area (Å²) in [5.74, 6) is 1.69. The van der Waals surface area contributed by atoms with E-state index in [4.69, 9.17) is 4.74 Å². The molecular formula is C17H20N4O2. The van der Waals surface area contributed by atoms with E-state index in [1.165, 1.54) is 0 Å². The highest BCUT2D eigenvalue weighted by atomic mass is 16.5. The third-order valence-corrected chi connectivity index (χ3v) is 3.82. The molecule has 6 nitrogen and oxygen atoms in total. The predicted octanol–water partition coefficient (Wildman–Crippen LogP) is 2.60. The number of nitrogens with zero attached hydrogens (tertiary/aromatic N) is 2. The van der Waals surface area contributed by atoms with Gasteiger partial charge in [0.1, 0.15) is 5.75 Å². The van der Waals surface area contributed by atoms with Crippen LogP contribution in [0.3, 0.4) is 0 Å². The molecule has 2 aromatic rings. The molecule has 2 N–H and O–H groups in total. The second-order valence-corrected chi connectivity index (χ2v) is 5.62. The molecule has 0 radical (unpaired) electrons. The molecule has 1 fully saturated rings. The van der Waals surface area contributed by atoms with Crippen LogP contribution in [0.2, 0.25) is 0 Å². The van der Waals surface area contributed by atoms with E-state index >= 15 is 0 Å². The predicted molar refractivity (Wildman–Crippen MR) is 87.4 cm³/mol. The van der Waals surface area contributed by atoms with E-state index in [9.17, 15) is 4.79 Å². The van der Waals surface area contributed by atoms with Gasteiger partial charge >= 0.3 is 0 Å². The van der Waals surface area contributed by atoms with Gasteiger partial charge < -0.3 is 15.4 Å². The number of hydrogen-bond donors (Lipinski definition) is 2. The van der Waals surface area contributed by atoms with E-state index in [2.05, 4.69) is 20.6 Å². The molecular weight excluding hydrogens is 292 g/mol. The van der Waals surface area contributed by atoms with Gasteiger partial charge in [-0.25, -0.2) is 4.98 Å². The number of carbonyl (C=O) groups excluding carboxylic acids is 1. The minimum absolute atomic E-state index is 0.0357. The topological polar surface area (TPSA) is 76.1 Å². The lowest BCUT2D eigenvalue weighted by atomic mass is 10.0. The van der Waals surface area contributed by atoms with Crippen LogP contribution in [0.15, 0.2) is 42.9 Å². The van der Waals surface area contributed by atoms with Gasteiger partial charge in [0.25, 0.3) is 0 Å². The molecule has 1 unspecified atom stereocenters. The van der Waals surface area contributed by atoms with Crippen LogP contribution in [-0.2, 0) is 4.79 Å². The van der Waals surface area contributed by atoms with Crippen molar-refractivity contribution in [3.8, 4) is 11.6 Å². The first-order chi connectivity index (χ1) is 11.3. The fourth-order valence-electron chi connectivity index (χ4n) is 2.62. The van der Waals surface area contributed by atoms with Crippen LogP contribution >= 0.6 is 0 Å². The summed E-state index contributed by atoms with van der Waals surface area (Å²) in [6.07, 6.45) is 7.33. The smallest absolute Gasteiger partial charge is 0.237 e. The Kier molecular flexibility index (Phi) is 5.16. The largest absolute Gasteiger partial charge is 0.437 e. The monoisotopic (exact) mass is 312 g/mol. The summed E-state index contributed by atoms with van der Waals surface area (Å²) < 4.78 is 5.61. The van der Waals surface area contributed by atoms with Crippen LogP contribution in [-0.4, -0.2) is 29.0 Å². The Labute approximate surface area is 135 Å². The Hall–Kier alpha value is -2.47. The summed E-state index contributed by atoms with van der Waals surface area (Å²) in [6.45, 7) is 2.09. The Bertz CT molecular complexity index is 642. The van der Waals surface area contributed by atoms with Crippen molar-refractivity contribution in [1.82, 2.24) is 15.3 Å². The first-order valence-electron chi connectivity index (χ1n) is 7.84. The molecule has 6 heteroatoms. The van der Waals surface area contributed by atoms with Crippen molar-refractivity contribution in [3.05, 3.63) is 42.9 Å². The molecule has 2 heterocycles. The quantitative estimate of drug-likeness (QED) is 0.857. The third-order valence-electron chi connectivity index (χ3n) is 3.82. The number of aromatic nitrogens is 2. The molecule has 0 bridgehead atoms. The summed E-state index contributed by atoms with van der Waals surface area (Å²) in [6, 6.07) is 7.28. The maximum atomic E-state index is 12.0. The Morgan fingerprint density at radius 1 is 1.39 bits per heavy atom. The second kappa shape index (κ2) is 7.69. The number of hydrogen-bond acceptors (Lipinski definition) is 5. The van der Waals surface area contributed by atoms with Gasteiger partial charge in [0, 0.05) is 30.6 Å². The van der Waals surface area contributed by atoms with Crippen molar-refractivity contribution in [2.75, 3.05) is 18.4 Å². The fourth-order valence-corrected chi connectivity index (χ4v) is 2.62. The Balaban J connectivity index is 1.53. The first-order valence-corrected chi connectivity index (χ1v) is 7.84. The van der Waals surface area contributed by atoms with Gasteiger partial charge in [0.15, 0.2) is 0 Å². The lowest BCUT2D eigenvalue weighted by molar-refractivity contribution is -0.116. The minimum atomic E-state index is 0.0357. The molecule has 23 heavy (non-hydrogen) atoms. The average molecular weight is 312 g/mol. The molecule has 1 aromatic carbocycles. The van der Waals surface area contributed by atoms with Gasteiger partial charge in [-0.1, -0.05) is 6.07 Å². The fraction of sp³-hybridized carbons (Fsp3) is 0.353. The molecule has 0 aliphatic carbocycles. The highest BCUT2D eigenvalue weighted by Gasteiger charge is 2.15. The standard InChI is InChI=1S/C17H20N4O2/c22-16(5-4-13-6-7-18-11-13)21-14-2-1-3-15(10-14)23-17-12-19-8-9-20-17/h1-3,8-10,12-13,18H,4-7,11H2,(H,21,22). The summed E-state index contributed by atoms with van der Waals surface area (Å²) in [5, 5.41) is 6.23. The SMILES string of the molecule is O=C(CCC1CCNC1)Nc1cccc(Oc2cnccn2)c1. The van der Waals surface area contributed by atoms with Crippen LogP contribution in [0.1, 0.15) is 19.3 Å². The number of nitrogens with one attached hydrogen (secondary N) is 2. The van der Waals surface area contributed by atoms with Crippen molar-refractivity contribution in [1.29, 1.82) is 0 Å². The third kappa shape index (κ3) is 4.75. The number of amides is 1. The lowest BCUT2D eigenvalue weighted by Crippen LogP contribution is -2.15. The molecule has 1 aromatic heterocycles. The molecule has 1 amide bonds. The van der Waals surface area contributed by atoms with Gasteiger partial charge in [-0.3, -0.25) is 9.78 Å². The van der Waals surface area contributed by atoms with E-state index in [1.807, 2.05) is 18.2 Å². The number of ether oxygens (including phenoxy) is 1. The number of carbonyl (C=O) groups is 1. The summed E-state index contributed by atoms with van der Waals surface area (Å²) >= 11 is 0. The van der Waals surface area contributed by atoms with E-state index in [0.717, 1.165) is 31.6 Å². The molecule has 3 rings (SSSR count). The lowest BCUT2D eigenvalue weighted by Gasteiger charge is -2.10. The van der Waals surface area contributed by atoms with Gasteiger partial charge in [-0.15, -0.1) is 0 Å². The van der Waals surface area contributed by atoms with Crippen LogP contribution in [0.5, 0.6) is 11.6 Å². The van der Waals surface area contributed by atoms with Crippen molar-refractivity contribution in [2.24, 2.45) is 5.92 Å². The van der Waals surface area contributed by atoms with E-state index in [0.29, 0.717) is 24.0 Å². The van der Waals surface area contributed by atoms with E-state index < -0.39 is 0 Å². The molecule has 1 atom stereocenters. The van der Waals surface area contributed by atoms with Crippen LogP contribution < -0.4 is 15.4 Å².